The fourth-order valence-corrected chi connectivity index (χ4v) is 5.58. The number of nitrogens with zero attached hydrogens (tertiary/aromatic N) is 4. The lowest BCUT2D eigenvalue weighted by molar-refractivity contribution is -0.116. The summed E-state index contributed by atoms with van der Waals surface area (Å²) in [6.07, 6.45) is 2.20. The Morgan fingerprint density at radius 3 is 2.12 bits per heavy atom. The second-order valence-corrected chi connectivity index (χ2v) is 9.61. The van der Waals surface area contributed by atoms with Gasteiger partial charge in [0.25, 0.3) is 0 Å². The van der Waals surface area contributed by atoms with Crippen molar-refractivity contribution in [2.24, 2.45) is 0 Å². The topological polar surface area (TPSA) is 39.7 Å². The van der Waals surface area contributed by atoms with Crippen LogP contribution in [0.3, 0.4) is 0 Å². The van der Waals surface area contributed by atoms with Gasteiger partial charge in [0.2, 0.25) is 5.91 Å². The lowest BCUT2D eigenvalue weighted by Gasteiger charge is -2.39. The van der Waals surface area contributed by atoms with Gasteiger partial charge in [-0.3, -0.25) is 19.5 Å². The molecule has 3 aromatic rings. The summed E-state index contributed by atoms with van der Waals surface area (Å²) < 4.78 is 0. The van der Waals surface area contributed by atoms with Crippen LogP contribution in [0.25, 0.3) is 0 Å². The first-order valence-corrected chi connectivity index (χ1v) is 12.4. The van der Waals surface area contributed by atoms with Crippen molar-refractivity contribution in [1.82, 2.24) is 14.8 Å². The Bertz CT molecular complexity index is 987. The zero-order chi connectivity index (χ0) is 21.9. The van der Waals surface area contributed by atoms with E-state index in [0.29, 0.717) is 6.04 Å². The van der Waals surface area contributed by atoms with Crippen molar-refractivity contribution in [2.75, 3.05) is 31.1 Å². The van der Waals surface area contributed by atoms with Crippen molar-refractivity contribution in [3.8, 4) is 0 Å². The van der Waals surface area contributed by atoms with Crippen molar-refractivity contribution in [3.63, 3.8) is 0 Å². The number of anilines is 1. The van der Waals surface area contributed by atoms with Crippen LogP contribution in [0.2, 0.25) is 0 Å². The summed E-state index contributed by atoms with van der Waals surface area (Å²) in [6, 6.07) is 22.3. The number of carbonyl (C=O) groups is 1. The Morgan fingerprint density at radius 1 is 1.00 bits per heavy atom. The highest BCUT2D eigenvalue weighted by atomic mass is 32.1. The van der Waals surface area contributed by atoms with Crippen LogP contribution in [-0.2, 0) is 11.3 Å². The Morgan fingerprint density at radius 2 is 1.59 bits per heavy atom. The first kappa shape index (κ1) is 21.3. The third kappa shape index (κ3) is 4.77. The minimum Gasteiger partial charge on any atom is -0.295 e. The molecule has 0 spiro atoms. The molecule has 0 bridgehead atoms. The maximum Gasteiger partial charge on any atom is 0.225 e. The molecule has 5 rings (SSSR count). The Labute approximate surface area is 194 Å². The molecule has 1 aliphatic carbocycles. The number of thiazole rings is 1. The first-order valence-electron chi connectivity index (χ1n) is 11.5. The van der Waals surface area contributed by atoms with Crippen LogP contribution in [0.15, 0.2) is 66.0 Å². The molecule has 2 aromatic carbocycles. The molecule has 0 radical (unpaired) electrons. The average Bonchev–Trinajstić information content (AvgIpc) is 3.54. The summed E-state index contributed by atoms with van der Waals surface area (Å²) in [5.74, 6) is 0.106. The molecule has 5 nitrogen and oxygen atoms in total. The largest absolute Gasteiger partial charge is 0.295 e. The van der Waals surface area contributed by atoms with E-state index >= 15 is 0 Å². The van der Waals surface area contributed by atoms with Crippen LogP contribution >= 0.6 is 11.3 Å². The quantitative estimate of drug-likeness (QED) is 0.533. The van der Waals surface area contributed by atoms with Gasteiger partial charge in [-0.05, 0) is 24.0 Å². The van der Waals surface area contributed by atoms with E-state index in [-0.39, 0.29) is 11.9 Å². The number of rotatable bonds is 7. The number of piperazine rings is 1. The lowest BCUT2D eigenvalue weighted by atomic mass is 9.96. The summed E-state index contributed by atoms with van der Waals surface area (Å²) in [5.41, 5.74) is 3.77. The van der Waals surface area contributed by atoms with Crippen molar-refractivity contribution in [3.05, 3.63) is 82.9 Å². The molecule has 166 valence electrons. The minimum absolute atomic E-state index is 0.106. The SMILES string of the molecule is CC(=O)N(c1nc(CN2CCN(C(c3ccccc3)c3ccccc3)CC2)cs1)C1CC1. The maximum atomic E-state index is 12.0. The number of carbonyl (C=O) groups excluding carboxylic acids is 1. The molecule has 2 heterocycles. The van der Waals surface area contributed by atoms with Gasteiger partial charge < -0.3 is 0 Å². The van der Waals surface area contributed by atoms with E-state index in [0.717, 1.165) is 56.4 Å². The lowest BCUT2D eigenvalue weighted by Crippen LogP contribution is -2.47. The number of hydrogen-bond acceptors (Lipinski definition) is 5. The van der Waals surface area contributed by atoms with E-state index < -0.39 is 0 Å². The van der Waals surface area contributed by atoms with Crippen molar-refractivity contribution < 1.29 is 4.79 Å². The Kier molecular flexibility index (Phi) is 6.35. The van der Waals surface area contributed by atoms with E-state index in [1.807, 2.05) is 4.90 Å². The van der Waals surface area contributed by atoms with Gasteiger partial charge in [-0.25, -0.2) is 4.98 Å². The highest BCUT2D eigenvalue weighted by molar-refractivity contribution is 7.14. The van der Waals surface area contributed by atoms with Crippen molar-refractivity contribution in [2.45, 2.75) is 38.4 Å². The van der Waals surface area contributed by atoms with Crippen LogP contribution in [0, 0.1) is 0 Å². The Balaban J connectivity index is 1.24. The number of aromatic nitrogens is 1. The van der Waals surface area contributed by atoms with Crippen LogP contribution in [0.1, 0.15) is 42.6 Å². The monoisotopic (exact) mass is 446 g/mol. The van der Waals surface area contributed by atoms with Gasteiger partial charge in [0.1, 0.15) is 0 Å². The second kappa shape index (κ2) is 9.53. The second-order valence-electron chi connectivity index (χ2n) is 8.78. The summed E-state index contributed by atoms with van der Waals surface area (Å²) >= 11 is 1.60. The van der Waals surface area contributed by atoms with E-state index in [2.05, 4.69) is 75.8 Å². The van der Waals surface area contributed by atoms with Gasteiger partial charge in [-0.15, -0.1) is 11.3 Å². The number of hydrogen-bond donors (Lipinski definition) is 0. The molecule has 6 heteroatoms. The number of benzene rings is 2. The minimum atomic E-state index is 0.106. The third-order valence-electron chi connectivity index (χ3n) is 6.39. The van der Waals surface area contributed by atoms with Gasteiger partial charge in [-0.1, -0.05) is 60.7 Å². The summed E-state index contributed by atoms with van der Waals surface area (Å²) in [7, 11) is 0. The molecule has 32 heavy (non-hydrogen) atoms. The first-order chi connectivity index (χ1) is 15.7. The fraction of sp³-hybridized carbons (Fsp3) is 0.385. The van der Waals surface area contributed by atoms with Gasteiger partial charge in [-0.2, -0.15) is 0 Å². The predicted octanol–water partition coefficient (Wildman–Crippen LogP) is 4.57. The summed E-state index contributed by atoms with van der Waals surface area (Å²) in [5, 5.41) is 2.98. The molecular weight excluding hydrogens is 416 g/mol. The van der Waals surface area contributed by atoms with Gasteiger partial charge in [0.15, 0.2) is 5.13 Å². The van der Waals surface area contributed by atoms with Crippen LogP contribution in [0.5, 0.6) is 0 Å². The van der Waals surface area contributed by atoms with E-state index in [1.165, 1.54) is 11.1 Å². The number of amides is 1. The molecular formula is C26H30N4OS. The molecule has 0 N–H and O–H groups in total. The molecule has 1 saturated carbocycles. The van der Waals surface area contributed by atoms with Crippen molar-refractivity contribution >= 4 is 22.4 Å². The van der Waals surface area contributed by atoms with E-state index in [9.17, 15) is 4.79 Å². The molecule has 2 fully saturated rings. The van der Waals surface area contributed by atoms with Gasteiger partial charge in [0.05, 0.1) is 11.7 Å². The smallest absolute Gasteiger partial charge is 0.225 e. The van der Waals surface area contributed by atoms with Crippen LogP contribution < -0.4 is 4.90 Å². The maximum absolute atomic E-state index is 12.0. The zero-order valence-electron chi connectivity index (χ0n) is 18.6. The normalized spacial score (nSPS) is 17.6. The van der Waals surface area contributed by atoms with Crippen molar-refractivity contribution in [1.29, 1.82) is 0 Å². The molecule has 2 aliphatic rings. The zero-order valence-corrected chi connectivity index (χ0v) is 19.4. The highest BCUT2D eigenvalue weighted by Gasteiger charge is 2.34. The molecule has 0 unspecified atom stereocenters. The predicted molar refractivity (Wildman–Crippen MR) is 130 cm³/mol. The Hall–Kier alpha value is -2.54. The van der Waals surface area contributed by atoms with E-state index in [4.69, 9.17) is 4.98 Å². The average molecular weight is 447 g/mol. The molecule has 1 saturated heterocycles. The van der Waals surface area contributed by atoms with E-state index in [1.54, 1.807) is 18.3 Å². The third-order valence-corrected chi connectivity index (χ3v) is 7.27. The fourth-order valence-electron chi connectivity index (χ4n) is 4.65. The van der Waals surface area contributed by atoms with Gasteiger partial charge in [0, 0.05) is 51.1 Å². The molecule has 1 aromatic heterocycles. The van der Waals surface area contributed by atoms with Gasteiger partial charge >= 0.3 is 0 Å². The summed E-state index contributed by atoms with van der Waals surface area (Å²) in [4.78, 5) is 23.8. The molecule has 1 amide bonds. The van der Waals surface area contributed by atoms with Crippen LogP contribution in [-0.4, -0.2) is 52.9 Å². The molecule has 0 atom stereocenters. The highest BCUT2D eigenvalue weighted by Crippen LogP contribution is 2.34. The molecule has 1 aliphatic heterocycles. The standard InChI is InChI=1S/C26H30N4OS/c1-20(31)30(24-12-13-24)26-27-23(19-32-26)18-28-14-16-29(17-15-28)25(21-8-4-2-5-9-21)22-10-6-3-7-11-22/h2-11,19,24-25H,12-18H2,1H3. The summed E-state index contributed by atoms with van der Waals surface area (Å²) in [6.45, 7) is 6.57. The van der Waals surface area contributed by atoms with Crippen LogP contribution in [0.4, 0.5) is 5.13 Å².